The molecule has 5 unspecified atom stereocenters. The van der Waals surface area contributed by atoms with Crippen LogP contribution in [0.3, 0.4) is 0 Å². The van der Waals surface area contributed by atoms with Gasteiger partial charge in [-0.2, -0.15) is 8.42 Å². The first-order chi connectivity index (χ1) is 6.72. The van der Waals surface area contributed by atoms with Gasteiger partial charge in [0.1, 0.15) is 18.3 Å². The van der Waals surface area contributed by atoms with Gasteiger partial charge in [0, 0.05) is 0 Å². The summed E-state index contributed by atoms with van der Waals surface area (Å²) in [5, 5.41) is 27.8. The van der Waals surface area contributed by atoms with Crippen molar-refractivity contribution in [2.75, 3.05) is 6.26 Å². The normalized spacial score (nSPS) is 42.9. The van der Waals surface area contributed by atoms with Gasteiger partial charge in [-0.25, -0.2) is 0 Å². The summed E-state index contributed by atoms with van der Waals surface area (Å²) in [5.74, 6) is 0. The molecule has 0 aromatic heterocycles. The van der Waals surface area contributed by atoms with E-state index in [2.05, 4.69) is 4.18 Å². The molecule has 90 valence electrons. The molecule has 0 saturated carbocycles. The third-order valence-electron chi connectivity index (χ3n) is 2.08. The number of hydrogen-bond donors (Lipinski definition) is 3. The SMILES string of the molecule is CC1OC(O)C(O)C(O)C1OS(C)(=O)=O. The summed E-state index contributed by atoms with van der Waals surface area (Å²) in [6.07, 6.45) is -5.89. The van der Waals surface area contributed by atoms with Crippen LogP contribution in [0.25, 0.3) is 0 Å². The Balaban J connectivity index is 2.79. The Hall–Kier alpha value is -0.250. The van der Waals surface area contributed by atoms with Crippen LogP contribution in [-0.4, -0.2) is 60.7 Å². The second-order valence-electron chi connectivity index (χ2n) is 3.48. The zero-order valence-electron chi connectivity index (χ0n) is 8.27. The highest BCUT2D eigenvalue weighted by atomic mass is 32.2. The summed E-state index contributed by atoms with van der Waals surface area (Å²) in [6, 6.07) is 0. The van der Waals surface area contributed by atoms with Gasteiger partial charge in [-0.15, -0.1) is 0 Å². The molecule has 0 aliphatic carbocycles. The first-order valence-electron chi connectivity index (χ1n) is 4.30. The van der Waals surface area contributed by atoms with Crippen LogP contribution in [0.2, 0.25) is 0 Å². The lowest BCUT2D eigenvalue weighted by atomic mass is 10.0. The molecule has 5 atom stereocenters. The molecule has 1 aliphatic rings. The van der Waals surface area contributed by atoms with Crippen molar-refractivity contribution in [2.45, 2.75) is 37.6 Å². The molecule has 0 spiro atoms. The van der Waals surface area contributed by atoms with Crippen molar-refractivity contribution in [3.8, 4) is 0 Å². The Morgan fingerprint density at radius 2 is 1.73 bits per heavy atom. The molecule has 0 aromatic carbocycles. The summed E-state index contributed by atoms with van der Waals surface area (Å²) in [5.41, 5.74) is 0. The summed E-state index contributed by atoms with van der Waals surface area (Å²) in [6.45, 7) is 1.42. The lowest BCUT2D eigenvalue weighted by Gasteiger charge is -2.38. The average Bonchev–Trinajstić information content (AvgIpc) is 2.07. The van der Waals surface area contributed by atoms with Crippen LogP contribution in [0, 0.1) is 0 Å². The van der Waals surface area contributed by atoms with Gasteiger partial charge in [-0.1, -0.05) is 0 Å². The molecule has 1 rings (SSSR count). The fourth-order valence-corrected chi connectivity index (χ4v) is 2.03. The fraction of sp³-hybridized carbons (Fsp3) is 1.00. The zero-order chi connectivity index (χ0) is 11.8. The van der Waals surface area contributed by atoms with E-state index < -0.39 is 40.8 Å². The van der Waals surface area contributed by atoms with Crippen LogP contribution in [0.1, 0.15) is 6.92 Å². The fourth-order valence-electron chi connectivity index (χ4n) is 1.36. The van der Waals surface area contributed by atoms with Gasteiger partial charge >= 0.3 is 0 Å². The molecular formula is C7H14O7S. The predicted octanol–water partition coefficient (Wildman–Crippen LogP) is -2.21. The first kappa shape index (κ1) is 12.8. The van der Waals surface area contributed by atoms with E-state index in [0.29, 0.717) is 0 Å². The highest BCUT2D eigenvalue weighted by Gasteiger charge is 2.44. The lowest BCUT2D eigenvalue weighted by Crippen LogP contribution is -2.57. The lowest BCUT2D eigenvalue weighted by molar-refractivity contribution is -0.272. The molecule has 1 aliphatic heterocycles. The monoisotopic (exact) mass is 242 g/mol. The van der Waals surface area contributed by atoms with E-state index >= 15 is 0 Å². The minimum atomic E-state index is -3.76. The van der Waals surface area contributed by atoms with Gasteiger partial charge in [0.05, 0.1) is 12.4 Å². The standard InChI is InChI=1S/C7H14O7S/c1-3-6(14-15(2,11)12)4(8)5(9)7(10)13-3/h3-10H,1-2H3. The van der Waals surface area contributed by atoms with E-state index in [-0.39, 0.29) is 0 Å². The van der Waals surface area contributed by atoms with E-state index in [4.69, 9.17) is 9.84 Å². The number of rotatable bonds is 2. The highest BCUT2D eigenvalue weighted by Crippen LogP contribution is 2.23. The van der Waals surface area contributed by atoms with Crippen LogP contribution < -0.4 is 0 Å². The van der Waals surface area contributed by atoms with Crippen LogP contribution >= 0.6 is 0 Å². The summed E-state index contributed by atoms with van der Waals surface area (Å²) < 4.78 is 31.0. The second kappa shape index (κ2) is 4.32. The molecule has 1 fully saturated rings. The third-order valence-corrected chi connectivity index (χ3v) is 2.65. The molecule has 1 heterocycles. The molecular weight excluding hydrogens is 228 g/mol. The minimum Gasteiger partial charge on any atom is -0.387 e. The van der Waals surface area contributed by atoms with E-state index in [1.807, 2.05) is 0 Å². The largest absolute Gasteiger partial charge is 0.387 e. The van der Waals surface area contributed by atoms with Crippen molar-refractivity contribution < 1.29 is 32.7 Å². The molecule has 0 radical (unpaired) electrons. The number of hydrogen-bond acceptors (Lipinski definition) is 7. The van der Waals surface area contributed by atoms with Crippen molar-refractivity contribution >= 4 is 10.1 Å². The van der Waals surface area contributed by atoms with Gasteiger partial charge < -0.3 is 20.1 Å². The molecule has 3 N–H and O–H groups in total. The average molecular weight is 242 g/mol. The summed E-state index contributed by atoms with van der Waals surface area (Å²) >= 11 is 0. The van der Waals surface area contributed by atoms with Gasteiger partial charge in [0.2, 0.25) is 0 Å². The van der Waals surface area contributed by atoms with Gasteiger partial charge in [0.25, 0.3) is 10.1 Å². The Morgan fingerprint density at radius 3 is 2.20 bits per heavy atom. The molecule has 7 nitrogen and oxygen atoms in total. The molecule has 15 heavy (non-hydrogen) atoms. The summed E-state index contributed by atoms with van der Waals surface area (Å²) in [7, 11) is -3.76. The topological polar surface area (TPSA) is 113 Å². The van der Waals surface area contributed by atoms with Crippen LogP contribution in [0.15, 0.2) is 0 Å². The molecule has 8 heteroatoms. The number of aliphatic hydroxyl groups excluding tert-OH is 3. The van der Waals surface area contributed by atoms with Gasteiger partial charge in [-0.3, -0.25) is 4.18 Å². The Bertz CT molecular complexity index is 313. The molecule has 0 amide bonds. The third kappa shape index (κ3) is 3.10. The maximum absolute atomic E-state index is 10.8. The Labute approximate surface area is 87.4 Å². The van der Waals surface area contributed by atoms with Crippen molar-refractivity contribution in [1.29, 1.82) is 0 Å². The Morgan fingerprint density at radius 1 is 1.20 bits per heavy atom. The van der Waals surface area contributed by atoms with E-state index in [0.717, 1.165) is 6.26 Å². The maximum Gasteiger partial charge on any atom is 0.264 e. The van der Waals surface area contributed by atoms with Gasteiger partial charge in [0.15, 0.2) is 6.29 Å². The Kier molecular flexibility index (Phi) is 3.69. The summed E-state index contributed by atoms with van der Waals surface area (Å²) in [4.78, 5) is 0. The van der Waals surface area contributed by atoms with Crippen LogP contribution in [0.4, 0.5) is 0 Å². The first-order valence-corrected chi connectivity index (χ1v) is 6.12. The van der Waals surface area contributed by atoms with Crippen LogP contribution in [-0.2, 0) is 19.0 Å². The number of ether oxygens (including phenoxy) is 1. The van der Waals surface area contributed by atoms with Crippen molar-refractivity contribution in [2.24, 2.45) is 0 Å². The van der Waals surface area contributed by atoms with E-state index in [1.165, 1.54) is 6.92 Å². The highest BCUT2D eigenvalue weighted by molar-refractivity contribution is 7.86. The van der Waals surface area contributed by atoms with E-state index in [9.17, 15) is 18.6 Å². The van der Waals surface area contributed by atoms with Gasteiger partial charge in [-0.05, 0) is 6.92 Å². The molecule has 1 saturated heterocycles. The van der Waals surface area contributed by atoms with Crippen molar-refractivity contribution in [3.63, 3.8) is 0 Å². The second-order valence-corrected chi connectivity index (χ2v) is 5.08. The quantitative estimate of drug-likeness (QED) is 0.470. The van der Waals surface area contributed by atoms with Crippen LogP contribution in [0.5, 0.6) is 0 Å². The molecule has 0 aromatic rings. The number of aliphatic hydroxyl groups is 3. The maximum atomic E-state index is 10.8. The van der Waals surface area contributed by atoms with E-state index in [1.54, 1.807) is 0 Å². The van der Waals surface area contributed by atoms with Crippen molar-refractivity contribution in [1.82, 2.24) is 0 Å². The predicted molar refractivity (Wildman–Crippen MR) is 48.3 cm³/mol. The minimum absolute atomic E-state index is 0.823. The molecule has 0 bridgehead atoms. The smallest absolute Gasteiger partial charge is 0.264 e. The van der Waals surface area contributed by atoms with Crippen molar-refractivity contribution in [3.05, 3.63) is 0 Å². The zero-order valence-corrected chi connectivity index (χ0v) is 9.09.